The van der Waals surface area contributed by atoms with Gasteiger partial charge in [0.1, 0.15) is 11.6 Å². The van der Waals surface area contributed by atoms with Gasteiger partial charge >= 0.3 is 0 Å². The Balaban J connectivity index is 2.06. The average molecular weight is 277 g/mol. The van der Waals surface area contributed by atoms with Crippen molar-refractivity contribution in [2.24, 2.45) is 14.1 Å². The summed E-state index contributed by atoms with van der Waals surface area (Å²) < 4.78 is 3.46. The van der Waals surface area contributed by atoms with Gasteiger partial charge < -0.3 is 5.32 Å². The van der Waals surface area contributed by atoms with Crippen molar-refractivity contribution in [3.63, 3.8) is 0 Å². The van der Waals surface area contributed by atoms with Crippen molar-refractivity contribution in [1.29, 1.82) is 0 Å². The molecule has 3 aromatic heterocycles. The van der Waals surface area contributed by atoms with Crippen molar-refractivity contribution in [2.75, 3.05) is 5.32 Å². The summed E-state index contributed by atoms with van der Waals surface area (Å²) in [5.74, 6) is 1.53. The zero-order valence-corrected chi connectivity index (χ0v) is 11.6. The summed E-state index contributed by atoms with van der Waals surface area (Å²) in [7, 11) is 3.71. The molecular formula is C12H13ClN6. The maximum absolute atomic E-state index is 6.23. The molecular weight excluding hydrogens is 264 g/mol. The van der Waals surface area contributed by atoms with Gasteiger partial charge in [-0.05, 0) is 6.92 Å². The molecule has 0 saturated heterocycles. The highest BCUT2D eigenvalue weighted by Crippen LogP contribution is 2.26. The first-order valence-electron chi connectivity index (χ1n) is 5.80. The van der Waals surface area contributed by atoms with Gasteiger partial charge in [-0.15, -0.1) is 0 Å². The lowest BCUT2D eigenvalue weighted by Gasteiger charge is -2.06. The van der Waals surface area contributed by atoms with Crippen LogP contribution in [0.3, 0.4) is 0 Å². The fourth-order valence-corrected chi connectivity index (χ4v) is 2.24. The van der Waals surface area contributed by atoms with Crippen LogP contribution in [0.2, 0.25) is 5.02 Å². The zero-order valence-electron chi connectivity index (χ0n) is 10.8. The third-order valence-corrected chi connectivity index (χ3v) is 3.23. The van der Waals surface area contributed by atoms with Gasteiger partial charge in [-0.3, -0.25) is 9.36 Å². The van der Waals surface area contributed by atoms with Crippen molar-refractivity contribution < 1.29 is 0 Å². The molecule has 98 valence electrons. The molecule has 7 heteroatoms. The molecule has 0 aliphatic heterocycles. The summed E-state index contributed by atoms with van der Waals surface area (Å²) in [6, 6.07) is 3.73. The fraction of sp³-hybridized carbons (Fsp3) is 0.250. The molecule has 0 saturated carbocycles. The van der Waals surface area contributed by atoms with Crippen LogP contribution in [0.4, 0.5) is 11.6 Å². The van der Waals surface area contributed by atoms with E-state index in [1.165, 1.54) is 0 Å². The summed E-state index contributed by atoms with van der Waals surface area (Å²) in [6.07, 6.45) is 1.71. The lowest BCUT2D eigenvalue weighted by Crippen LogP contribution is -2.01. The first kappa shape index (κ1) is 12.0. The van der Waals surface area contributed by atoms with Crippen molar-refractivity contribution in [3.8, 4) is 0 Å². The molecule has 0 amide bonds. The molecule has 1 N–H and O–H groups in total. The molecule has 0 bridgehead atoms. The Morgan fingerprint density at radius 3 is 2.68 bits per heavy atom. The maximum Gasteiger partial charge on any atom is 0.161 e. The predicted octanol–water partition coefficient (Wildman–Crippen LogP) is 2.41. The third kappa shape index (κ3) is 2.04. The van der Waals surface area contributed by atoms with Crippen molar-refractivity contribution >= 4 is 34.3 Å². The minimum Gasteiger partial charge on any atom is -0.325 e. The lowest BCUT2D eigenvalue weighted by molar-refractivity contribution is 0.764. The molecule has 3 rings (SSSR count). The van der Waals surface area contributed by atoms with Crippen molar-refractivity contribution in [1.82, 2.24) is 24.5 Å². The van der Waals surface area contributed by atoms with E-state index in [1.54, 1.807) is 21.6 Å². The van der Waals surface area contributed by atoms with Gasteiger partial charge in [-0.2, -0.15) is 10.2 Å². The summed E-state index contributed by atoms with van der Waals surface area (Å²) in [5.41, 5.74) is 1.69. The van der Waals surface area contributed by atoms with Gasteiger partial charge in [0.05, 0.1) is 22.3 Å². The lowest BCUT2D eigenvalue weighted by atomic mass is 10.3. The van der Waals surface area contributed by atoms with Crippen molar-refractivity contribution in [3.05, 3.63) is 29.0 Å². The van der Waals surface area contributed by atoms with Gasteiger partial charge in [0, 0.05) is 26.2 Å². The van der Waals surface area contributed by atoms with E-state index >= 15 is 0 Å². The molecule has 0 unspecified atom stereocenters. The molecule has 6 nitrogen and oxygen atoms in total. The van der Waals surface area contributed by atoms with E-state index in [0.29, 0.717) is 10.8 Å². The van der Waals surface area contributed by atoms with Crippen LogP contribution in [0.15, 0.2) is 18.3 Å². The highest BCUT2D eigenvalue weighted by atomic mass is 35.5. The van der Waals surface area contributed by atoms with Crippen LogP contribution < -0.4 is 5.32 Å². The van der Waals surface area contributed by atoms with Crippen molar-refractivity contribution in [2.45, 2.75) is 6.92 Å². The first-order valence-corrected chi connectivity index (χ1v) is 6.18. The number of halogens is 1. The Morgan fingerprint density at radius 1 is 1.21 bits per heavy atom. The number of pyridine rings is 1. The number of hydrogen-bond donors (Lipinski definition) is 1. The Hall–Kier alpha value is -2.08. The molecule has 0 aliphatic carbocycles. The average Bonchev–Trinajstić information content (AvgIpc) is 2.84. The maximum atomic E-state index is 6.23. The Bertz CT molecular complexity index is 757. The second-order valence-corrected chi connectivity index (χ2v) is 4.82. The summed E-state index contributed by atoms with van der Waals surface area (Å²) in [5, 5.41) is 13.1. The van der Waals surface area contributed by atoms with E-state index in [9.17, 15) is 0 Å². The topological polar surface area (TPSA) is 60.6 Å². The van der Waals surface area contributed by atoms with E-state index in [4.69, 9.17) is 11.6 Å². The normalized spacial score (nSPS) is 11.2. The minimum atomic E-state index is 0.625. The largest absolute Gasteiger partial charge is 0.325 e. The monoisotopic (exact) mass is 276 g/mol. The van der Waals surface area contributed by atoms with Crippen LogP contribution in [0.5, 0.6) is 0 Å². The van der Waals surface area contributed by atoms with Crippen LogP contribution in [0.25, 0.3) is 11.0 Å². The molecule has 3 aromatic rings. The van der Waals surface area contributed by atoms with Gasteiger partial charge in [0.2, 0.25) is 0 Å². The van der Waals surface area contributed by atoms with Gasteiger partial charge in [0.15, 0.2) is 5.65 Å². The minimum absolute atomic E-state index is 0.625. The van der Waals surface area contributed by atoms with Gasteiger partial charge in [-0.1, -0.05) is 11.6 Å². The fourth-order valence-electron chi connectivity index (χ4n) is 2.00. The van der Waals surface area contributed by atoms with Crippen LogP contribution in [0.1, 0.15) is 5.69 Å². The summed E-state index contributed by atoms with van der Waals surface area (Å²) >= 11 is 6.23. The van der Waals surface area contributed by atoms with Crippen LogP contribution in [-0.2, 0) is 14.1 Å². The molecule has 0 spiro atoms. The molecule has 0 aromatic carbocycles. The standard InChI is InChI=1S/C12H13ClN6/c1-7-4-11(18(2)17-7)15-10-5-9(13)8-6-14-19(3)12(8)16-10/h4-6H,1-3H3,(H,15,16). The third-order valence-electron chi connectivity index (χ3n) is 2.91. The second-order valence-electron chi connectivity index (χ2n) is 4.41. The Kier molecular flexibility index (Phi) is 2.67. The zero-order chi connectivity index (χ0) is 13.6. The molecule has 0 fully saturated rings. The number of rotatable bonds is 2. The molecule has 0 aliphatic rings. The number of nitrogens with one attached hydrogen (secondary N) is 1. The van der Waals surface area contributed by atoms with E-state index in [-0.39, 0.29) is 0 Å². The quantitative estimate of drug-likeness (QED) is 0.781. The number of hydrogen-bond acceptors (Lipinski definition) is 4. The van der Waals surface area contributed by atoms with Gasteiger partial charge in [0.25, 0.3) is 0 Å². The molecule has 0 radical (unpaired) electrons. The highest BCUT2D eigenvalue weighted by molar-refractivity contribution is 6.35. The summed E-state index contributed by atoms with van der Waals surface area (Å²) in [4.78, 5) is 4.51. The number of fused-ring (bicyclic) bond motifs is 1. The van der Waals surface area contributed by atoms with Gasteiger partial charge in [-0.25, -0.2) is 4.98 Å². The molecule has 3 heterocycles. The van der Waals surface area contributed by atoms with E-state index < -0.39 is 0 Å². The highest BCUT2D eigenvalue weighted by Gasteiger charge is 2.10. The van der Waals surface area contributed by atoms with Crippen LogP contribution >= 0.6 is 11.6 Å². The molecule has 0 atom stereocenters. The van der Waals surface area contributed by atoms with E-state index in [0.717, 1.165) is 22.5 Å². The van der Waals surface area contributed by atoms with Crippen LogP contribution in [-0.4, -0.2) is 24.5 Å². The SMILES string of the molecule is Cc1cc(Nc2cc(Cl)c3cnn(C)c3n2)n(C)n1. The number of aryl methyl sites for hydroxylation is 3. The van der Waals surface area contributed by atoms with Crippen LogP contribution in [0, 0.1) is 6.92 Å². The smallest absolute Gasteiger partial charge is 0.161 e. The number of aromatic nitrogens is 5. The summed E-state index contributed by atoms with van der Waals surface area (Å²) in [6.45, 7) is 1.94. The number of nitrogens with zero attached hydrogens (tertiary/aromatic N) is 5. The first-order chi connectivity index (χ1) is 9.04. The Labute approximate surface area is 115 Å². The second kappa shape index (κ2) is 4.24. The number of anilines is 2. The van der Waals surface area contributed by atoms with E-state index in [2.05, 4.69) is 20.5 Å². The van der Waals surface area contributed by atoms with E-state index in [1.807, 2.05) is 27.1 Å². The molecule has 19 heavy (non-hydrogen) atoms. The Morgan fingerprint density at radius 2 is 2.00 bits per heavy atom. The predicted molar refractivity (Wildman–Crippen MR) is 74.7 cm³/mol.